The van der Waals surface area contributed by atoms with Crippen molar-refractivity contribution in [2.24, 2.45) is 0 Å². The van der Waals surface area contributed by atoms with Crippen molar-refractivity contribution in [3.05, 3.63) is 42.0 Å². The first-order valence-corrected chi connectivity index (χ1v) is 4.16. The summed E-state index contributed by atoms with van der Waals surface area (Å²) in [5, 5.41) is 8.59. The molecule has 0 radical (unpaired) electrons. The number of benzene rings is 1. The van der Waals surface area contributed by atoms with Crippen molar-refractivity contribution in [2.45, 2.75) is 13.1 Å². The molecule has 1 N–H and O–H groups in total. The van der Waals surface area contributed by atoms with Crippen LogP contribution in [-0.2, 0) is 0 Å². The van der Waals surface area contributed by atoms with Crippen LogP contribution >= 0.6 is 0 Å². The van der Waals surface area contributed by atoms with Gasteiger partial charge in [-0.1, -0.05) is 36.4 Å². The SMILES string of the molecule is C=C(c1ccc(C)cc1)[C@@H](F)CO. The Morgan fingerprint density at radius 3 is 2.46 bits per heavy atom. The zero-order chi connectivity index (χ0) is 9.84. The number of alkyl halides is 1. The molecular weight excluding hydrogens is 167 g/mol. The van der Waals surface area contributed by atoms with Gasteiger partial charge in [0.2, 0.25) is 0 Å². The van der Waals surface area contributed by atoms with E-state index in [0.29, 0.717) is 5.57 Å². The summed E-state index contributed by atoms with van der Waals surface area (Å²) in [5.41, 5.74) is 2.20. The van der Waals surface area contributed by atoms with Crippen LogP contribution in [0.3, 0.4) is 0 Å². The van der Waals surface area contributed by atoms with Gasteiger partial charge < -0.3 is 5.11 Å². The van der Waals surface area contributed by atoms with Crippen LogP contribution in [0.5, 0.6) is 0 Å². The highest BCUT2D eigenvalue weighted by atomic mass is 19.1. The summed E-state index contributed by atoms with van der Waals surface area (Å²) in [6.07, 6.45) is -1.36. The van der Waals surface area contributed by atoms with E-state index in [4.69, 9.17) is 5.11 Å². The monoisotopic (exact) mass is 180 g/mol. The molecule has 0 amide bonds. The molecule has 1 rings (SSSR count). The molecule has 0 fully saturated rings. The van der Waals surface area contributed by atoms with E-state index in [2.05, 4.69) is 6.58 Å². The van der Waals surface area contributed by atoms with Crippen LogP contribution in [0.15, 0.2) is 30.8 Å². The smallest absolute Gasteiger partial charge is 0.148 e. The molecule has 1 aromatic rings. The first kappa shape index (κ1) is 9.93. The summed E-state index contributed by atoms with van der Waals surface area (Å²) in [4.78, 5) is 0. The second-order valence-electron chi connectivity index (χ2n) is 3.04. The molecular formula is C11H13FO. The summed E-state index contributed by atoms with van der Waals surface area (Å²) in [5.74, 6) is 0. The molecule has 0 aliphatic heterocycles. The third kappa shape index (κ3) is 2.39. The maximum absolute atomic E-state index is 13.0. The molecule has 1 atom stereocenters. The minimum atomic E-state index is -1.36. The first-order chi connectivity index (χ1) is 6.15. The number of halogens is 1. The van der Waals surface area contributed by atoms with E-state index in [9.17, 15) is 4.39 Å². The topological polar surface area (TPSA) is 20.2 Å². The molecule has 13 heavy (non-hydrogen) atoms. The highest BCUT2D eigenvalue weighted by molar-refractivity contribution is 5.66. The molecule has 0 aromatic heterocycles. The average Bonchev–Trinajstić information content (AvgIpc) is 2.17. The molecule has 0 aliphatic rings. The second kappa shape index (κ2) is 4.19. The van der Waals surface area contributed by atoms with Gasteiger partial charge in [0, 0.05) is 0 Å². The Labute approximate surface area is 77.5 Å². The van der Waals surface area contributed by atoms with Crippen molar-refractivity contribution in [1.82, 2.24) is 0 Å². The van der Waals surface area contributed by atoms with Gasteiger partial charge >= 0.3 is 0 Å². The van der Waals surface area contributed by atoms with E-state index >= 15 is 0 Å². The molecule has 0 heterocycles. The fourth-order valence-corrected chi connectivity index (χ4v) is 1.06. The molecule has 1 aromatic carbocycles. The molecule has 0 bridgehead atoms. The summed E-state index contributed by atoms with van der Waals surface area (Å²) >= 11 is 0. The Morgan fingerprint density at radius 2 is 2.00 bits per heavy atom. The van der Waals surface area contributed by atoms with Gasteiger partial charge in [-0.3, -0.25) is 0 Å². The summed E-state index contributed by atoms with van der Waals surface area (Å²) in [6, 6.07) is 7.40. The third-order valence-electron chi connectivity index (χ3n) is 1.96. The predicted molar refractivity (Wildman–Crippen MR) is 52.2 cm³/mol. The Balaban J connectivity index is 2.83. The zero-order valence-corrected chi connectivity index (χ0v) is 7.63. The normalized spacial score (nSPS) is 12.5. The molecule has 0 saturated heterocycles. The van der Waals surface area contributed by atoms with Crippen LogP contribution < -0.4 is 0 Å². The number of hydrogen-bond acceptors (Lipinski definition) is 1. The van der Waals surface area contributed by atoms with Crippen molar-refractivity contribution >= 4 is 5.57 Å². The van der Waals surface area contributed by atoms with Crippen LogP contribution in [0.1, 0.15) is 11.1 Å². The minimum Gasteiger partial charge on any atom is -0.393 e. The Kier molecular flexibility index (Phi) is 3.20. The van der Waals surface area contributed by atoms with Gasteiger partial charge in [-0.15, -0.1) is 0 Å². The number of aliphatic hydroxyl groups excluding tert-OH is 1. The van der Waals surface area contributed by atoms with E-state index in [-0.39, 0.29) is 0 Å². The van der Waals surface area contributed by atoms with Gasteiger partial charge in [-0.2, -0.15) is 0 Å². The lowest BCUT2D eigenvalue weighted by Crippen LogP contribution is -2.07. The molecule has 70 valence electrons. The number of rotatable bonds is 3. The Morgan fingerprint density at radius 1 is 1.46 bits per heavy atom. The maximum atomic E-state index is 13.0. The quantitative estimate of drug-likeness (QED) is 0.757. The lowest BCUT2D eigenvalue weighted by atomic mass is 10.0. The number of aliphatic hydroxyl groups is 1. The minimum absolute atomic E-state index is 0.336. The van der Waals surface area contributed by atoms with Crippen molar-refractivity contribution in [2.75, 3.05) is 6.61 Å². The van der Waals surface area contributed by atoms with E-state index in [1.54, 1.807) is 12.1 Å². The van der Waals surface area contributed by atoms with Crippen LogP contribution in [0.25, 0.3) is 5.57 Å². The van der Waals surface area contributed by atoms with Crippen LogP contribution in [0.2, 0.25) is 0 Å². The lowest BCUT2D eigenvalue weighted by Gasteiger charge is -2.08. The maximum Gasteiger partial charge on any atom is 0.148 e. The highest BCUT2D eigenvalue weighted by Crippen LogP contribution is 2.18. The van der Waals surface area contributed by atoms with Crippen molar-refractivity contribution < 1.29 is 9.50 Å². The van der Waals surface area contributed by atoms with Gasteiger partial charge in [0.15, 0.2) is 0 Å². The highest BCUT2D eigenvalue weighted by Gasteiger charge is 2.10. The van der Waals surface area contributed by atoms with Crippen molar-refractivity contribution in [3.63, 3.8) is 0 Å². The average molecular weight is 180 g/mol. The Hall–Kier alpha value is -1.15. The largest absolute Gasteiger partial charge is 0.393 e. The number of aryl methyl sites for hydroxylation is 1. The molecule has 2 heteroatoms. The van der Waals surface area contributed by atoms with Gasteiger partial charge in [0.1, 0.15) is 6.17 Å². The van der Waals surface area contributed by atoms with Crippen LogP contribution in [0.4, 0.5) is 4.39 Å². The fourth-order valence-electron chi connectivity index (χ4n) is 1.06. The number of hydrogen-bond donors (Lipinski definition) is 1. The van der Waals surface area contributed by atoms with E-state index in [0.717, 1.165) is 11.1 Å². The van der Waals surface area contributed by atoms with E-state index in [1.807, 2.05) is 19.1 Å². The zero-order valence-electron chi connectivity index (χ0n) is 7.63. The van der Waals surface area contributed by atoms with Gasteiger partial charge in [-0.25, -0.2) is 4.39 Å². The molecule has 0 unspecified atom stereocenters. The molecule has 0 spiro atoms. The van der Waals surface area contributed by atoms with Crippen molar-refractivity contribution in [1.29, 1.82) is 0 Å². The standard InChI is InChI=1S/C11H13FO/c1-8-3-5-10(6-4-8)9(2)11(12)7-13/h3-6,11,13H,2,7H2,1H3/t11-/m0/s1. The van der Waals surface area contributed by atoms with Gasteiger partial charge in [-0.05, 0) is 18.1 Å². The summed E-state index contributed by atoms with van der Waals surface area (Å²) in [7, 11) is 0. The second-order valence-corrected chi connectivity index (χ2v) is 3.04. The first-order valence-electron chi connectivity index (χ1n) is 4.16. The summed E-state index contributed by atoms with van der Waals surface area (Å²) in [6.45, 7) is 5.05. The predicted octanol–water partition coefficient (Wildman–Crippen LogP) is 2.34. The van der Waals surface area contributed by atoms with E-state index in [1.165, 1.54) is 0 Å². The third-order valence-corrected chi connectivity index (χ3v) is 1.96. The molecule has 1 nitrogen and oxygen atoms in total. The fraction of sp³-hybridized carbons (Fsp3) is 0.273. The Bertz CT molecular complexity index is 289. The molecule has 0 saturated carbocycles. The lowest BCUT2D eigenvalue weighted by molar-refractivity contribution is 0.215. The molecule has 0 aliphatic carbocycles. The van der Waals surface area contributed by atoms with Gasteiger partial charge in [0.05, 0.1) is 6.61 Å². The summed E-state index contributed by atoms with van der Waals surface area (Å²) < 4.78 is 13.0. The van der Waals surface area contributed by atoms with Crippen LogP contribution in [-0.4, -0.2) is 17.9 Å². The van der Waals surface area contributed by atoms with Gasteiger partial charge in [0.25, 0.3) is 0 Å². The van der Waals surface area contributed by atoms with E-state index < -0.39 is 12.8 Å². The van der Waals surface area contributed by atoms with Crippen LogP contribution in [0, 0.1) is 6.92 Å². The van der Waals surface area contributed by atoms with Crippen molar-refractivity contribution in [3.8, 4) is 0 Å².